The largest absolute Gasteiger partial charge is 0.379 e. The Hall–Kier alpha value is -2.56. The van der Waals surface area contributed by atoms with E-state index >= 15 is 0 Å². The second-order valence-electron chi connectivity index (χ2n) is 8.66. The number of rotatable bonds is 6. The fourth-order valence-electron chi connectivity index (χ4n) is 4.52. The molecule has 4 heterocycles. The highest BCUT2D eigenvalue weighted by atomic mass is 32.1. The number of aromatic nitrogens is 3. The first-order valence-corrected chi connectivity index (χ1v) is 12.3. The van der Waals surface area contributed by atoms with Crippen LogP contribution in [-0.4, -0.2) is 78.1 Å². The maximum atomic E-state index is 13.8. The molecule has 8 nitrogen and oxygen atoms in total. The topological polar surface area (TPSA) is 75.5 Å². The number of aryl methyl sites for hydroxylation is 1. The van der Waals surface area contributed by atoms with E-state index in [1.54, 1.807) is 22.1 Å². The number of nitrogens with one attached hydrogen (secondary N) is 1. The molecule has 2 aliphatic heterocycles. The van der Waals surface area contributed by atoms with Crippen LogP contribution in [0.15, 0.2) is 24.3 Å². The van der Waals surface area contributed by atoms with E-state index in [0.717, 1.165) is 73.4 Å². The van der Waals surface area contributed by atoms with Crippen molar-refractivity contribution >= 4 is 32.7 Å². The number of benzene rings is 1. The number of fused-ring (bicyclic) bond motifs is 1. The maximum Gasteiger partial charge on any atom is 0.224 e. The second-order valence-corrected chi connectivity index (χ2v) is 9.63. The normalized spacial score (nSPS) is 19.8. The van der Waals surface area contributed by atoms with Gasteiger partial charge in [0.05, 0.1) is 35.2 Å². The van der Waals surface area contributed by atoms with Gasteiger partial charge in [0.2, 0.25) is 5.91 Å². The lowest BCUT2D eigenvalue weighted by Gasteiger charge is -2.32. The van der Waals surface area contributed by atoms with Gasteiger partial charge in [-0.3, -0.25) is 9.69 Å². The summed E-state index contributed by atoms with van der Waals surface area (Å²) in [4.78, 5) is 22.2. The zero-order valence-electron chi connectivity index (χ0n) is 18.8. The SMILES string of the molecule is Cc1nn(-c2cccc(F)c2)c2nc(N3CCCC(C(=O)NCCN4CCOCC4)C3)sc12. The van der Waals surface area contributed by atoms with Crippen molar-refractivity contribution in [3.63, 3.8) is 0 Å². The molecule has 1 atom stereocenters. The minimum Gasteiger partial charge on any atom is -0.379 e. The quantitative estimate of drug-likeness (QED) is 0.595. The summed E-state index contributed by atoms with van der Waals surface area (Å²) < 4.78 is 21.8. The third-order valence-electron chi connectivity index (χ3n) is 6.32. The van der Waals surface area contributed by atoms with Crippen molar-refractivity contribution in [2.45, 2.75) is 19.8 Å². The molecule has 3 aromatic rings. The summed E-state index contributed by atoms with van der Waals surface area (Å²) in [6.07, 6.45) is 1.84. The highest BCUT2D eigenvalue weighted by molar-refractivity contribution is 7.22. The van der Waals surface area contributed by atoms with E-state index in [4.69, 9.17) is 9.72 Å². The number of hydrogen-bond acceptors (Lipinski definition) is 7. The number of piperidine rings is 1. The van der Waals surface area contributed by atoms with Crippen LogP contribution in [0.5, 0.6) is 0 Å². The minimum atomic E-state index is -0.303. The van der Waals surface area contributed by atoms with E-state index in [2.05, 4.69) is 20.2 Å². The summed E-state index contributed by atoms with van der Waals surface area (Å²) in [5, 5.41) is 8.58. The van der Waals surface area contributed by atoms with E-state index in [1.165, 1.54) is 12.1 Å². The van der Waals surface area contributed by atoms with Crippen LogP contribution in [0, 0.1) is 18.7 Å². The molecule has 2 aliphatic rings. The molecule has 1 aromatic carbocycles. The van der Waals surface area contributed by atoms with Crippen LogP contribution in [0.2, 0.25) is 0 Å². The Morgan fingerprint density at radius 2 is 2.15 bits per heavy atom. The highest BCUT2D eigenvalue weighted by Crippen LogP contribution is 2.34. The van der Waals surface area contributed by atoms with E-state index in [-0.39, 0.29) is 17.6 Å². The Morgan fingerprint density at radius 3 is 2.97 bits per heavy atom. The van der Waals surface area contributed by atoms with Crippen LogP contribution >= 0.6 is 11.3 Å². The Labute approximate surface area is 196 Å². The number of morpholine rings is 1. The number of anilines is 1. The van der Waals surface area contributed by atoms with Crippen LogP contribution in [0.4, 0.5) is 9.52 Å². The molecule has 1 N–H and O–H groups in total. The molecule has 0 bridgehead atoms. The fraction of sp³-hybridized carbons (Fsp3) is 0.522. The van der Waals surface area contributed by atoms with Gasteiger partial charge in [-0.25, -0.2) is 9.07 Å². The summed E-state index contributed by atoms with van der Waals surface area (Å²) in [5.74, 6) is -0.227. The standard InChI is InChI=1S/C23H29FN6O2S/c1-16-20-21(30(27-16)19-6-2-5-18(24)14-19)26-23(33-20)29-8-3-4-17(15-29)22(31)25-7-9-28-10-12-32-13-11-28/h2,5-6,14,17H,3-4,7-13,15H2,1H3,(H,25,31). The van der Waals surface area contributed by atoms with Crippen molar-refractivity contribution < 1.29 is 13.9 Å². The smallest absolute Gasteiger partial charge is 0.224 e. The molecule has 2 aromatic heterocycles. The van der Waals surface area contributed by atoms with Crippen molar-refractivity contribution in [1.29, 1.82) is 0 Å². The van der Waals surface area contributed by atoms with Gasteiger partial charge in [-0.15, -0.1) is 0 Å². The Balaban J connectivity index is 1.26. The predicted octanol–water partition coefficient (Wildman–Crippen LogP) is 2.59. The van der Waals surface area contributed by atoms with Gasteiger partial charge in [-0.2, -0.15) is 10.1 Å². The van der Waals surface area contributed by atoms with Gasteiger partial charge in [0.15, 0.2) is 10.8 Å². The summed E-state index contributed by atoms with van der Waals surface area (Å²) in [6.45, 7) is 8.40. The predicted molar refractivity (Wildman–Crippen MR) is 127 cm³/mol. The highest BCUT2D eigenvalue weighted by Gasteiger charge is 2.28. The molecular weight excluding hydrogens is 443 g/mol. The van der Waals surface area contributed by atoms with Crippen molar-refractivity contribution in [2.75, 3.05) is 57.4 Å². The lowest BCUT2D eigenvalue weighted by Crippen LogP contribution is -2.46. The van der Waals surface area contributed by atoms with Gasteiger partial charge >= 0.3 is 0 Å². The van der Waals surface area contributed by atoms with Gasteiger partial charge in [0.25, 0.3) is 0 Å². The summed E-state index contributed by atoms with van der Waals surface area (Å²) >= 11 is 1.59. The first-order valence-electron chi connectivity index (χ1n) is 11.5. The summed E-state index contributed by atoms with van der Waals surface area (Å²) in [5.41, 5.74) is 2.25. The number of ether oxygens (including phenoxy) is 1. The molecule has 0 spiro atoms. The lowest BCUT2D eigenvalue weighted by atomic mass is 9.97. The molecular formula is C23H29FN6O2S. The lowest BCUT2D eigenvalue weighted by molar-refractivity contribution is -0.125. The molecule has 33 heavy (non-hydrogen) atoms. The average molecular weight is 473 g/mol. The van der Waals surface area contributed by atoms with E-state index in [9.17, 15) is 9.18 Å². The van der Waals surface area contributed by atoms with E-state index < -0.39 is 0 Å². The molecule has 10 heteroatoms. The van der Waals surface area contributed by atoms with Crippen molar-refractivity contribution in [3.8, 4) is 5.69 Å². The van der Waals surface area contributed by atoms with Crippen LogP contribution < -0.4 is 10.2 Å². The third kappa shape index (κ3) is 4.87. The van der Waals surface area contributed by atoms with Gasteiger partial charge in [-0.1, -0.05) is 17.4 Å². The first-order chi connectivity index (χ1) is 16.1. The molecule has 2 fully saturated rings. The van der Waals surface area contributed by atoms with Gasteiger partial charge in [-0.05, 0) is 38.0 Å². The summed E-state index contributed by atoms with van der Waals surface area (Å²) in [6, 6.07) is 6.38. The molecule has 0 saturated carbocycles. The third-order valence-corrected chi connectivity index (χ3v) is 7.54. The minimum absolute atomic E-state index is 0.0451. The molecule has 0 aliphatic carbocycles. The number of amides is 1. The van der Waals surface area contributed by atoms with Crippen LogP contribution in [0.1, 0.15) is 18.5 Å². The van der Waals surface area contributed by atoms with Crippen molar-refractivity contribution in [1.82, 2.24) is 25.0 Å². The average Bonchev–Trinajstić information content (AvgIpc) is 3.40. The molecule has 5 rings (SSSR count). The molecule has 2 saturated heterocycles. The van der Waals surface area contributed by atoms with E-state index in [0.29, 0.717) is 18.8 Å². The van der Waals surface area contributed by atoms with Crippen molar-refractivity contribution in [3.05, 3.63) is 35.8 Å². The monoisotopic (exact) mass is 472 g/mol. The Bertz CT molecular complexity index is 1130. The summed E-state index contributed by atoms with van der Waals surface area (Å²) in [7, 11) is 0. The Morgan fingerprint density at radius 1 is 1.30 bits per heavy atom. The van der Waals surface area contributed by atoms with Gasteiger partial charge in [0.1, 0.15) is 5.82 Å². The second kappa shape index (κ2) is 9.74. The fourth-order valence-corrected chi connectivity index (χ4v) is 5.54. The van der Waals surface area contributed by atoms with Gasteiger partial charge in [0, 0.05) is 39.3 Å². The van der Waals surface area contributed by atoms with Crippen LogP contribution in [-0.2, 0) is 9.53 Å². The number of nitrogens with zero attached hydrogens (tertiary/aromatic N) is 5. The number of hydrogen-bond donors (Lipinski definition) is 1. The molecule has 1 amide bonds. The molecule has 176 valence electrons. The number of carbonyl (C=O) groups excluding carboxylic acids is 1. The number of thiazole rings is 1. The molecule has 0 radical (unpaired) electrons. The van der Waals surface area contributed by atoms with Crippen LogP contribution in [0.25, 0.3) is 16.0 Å². The zero-order chi connectivity index (χ0) is 22.8. The van der Waals surface area contributed by atoms with Gasteiger partial charge < -0.3 is 15.0 Å². The van der Waals surface area contributed by atoms with Crippen LogP contribution in [0.3, 0.4) is 0 Å². The van der Waals surface area contributed by atoms with Crippen molar-refractivity contribution in [2.24, 2.45) is 5.92 Å². The van der Waals surface area contributed by atoms with E-state index in [1.807, 2.05) is 13.0 Å². The first kappa shape index (κ1) is 22.2. The zero-order valence-corrected chi connectivity index (χ0v) is 19.6. The molecule has 1 unspecified atom stereocenters. The number of carbonyl (C=O) groups is 1. The maximum absolute atomic E-state index is 13.8. The Kier molecular flexibility index (Phi) is 6.57. The number of halogens is 1.